The van der Waals surface area contributed by atoms with Gasteiger partial charge in [0.15, 0.2) is 23.0 Å². The largest absolute Gasteiger partial charge is 0.497 e. The fourth-order valence-corrected chi connectivity index (χ4v) is 5.40. The maximum Gasteiger partial charge on any atom is 0.435 e. The van der Waals surface area contributed by atoms with Gasteiger partial charge in [-0.15, -0.1) is 0 Å². The molecule has 0 aliphatic rings. The summed E-state index contributed by atoms with van der Waals surface area (Å²) in [5.74, 6) is -1.52. The quantitative estimate of drug-likeness (QED) is 0.0986. The Hall–Kier alpha value is -4.04. The Bertz CT molecular complexity index is 1750. The lowest BCUT2D eigenvalue weighted by Crippen LogP contribution is -2.22. The molecule has 1 N–H and O–H groups in total. The third kappa shape index (κ3) is 6.64. The van der Waals surface area contributed by atoms with E-state index < -0.39 is 38.0 Å². The van der Waals surface area contributed by atoms with Gasteiger partial charge < -0.3 is 19.4 Å². The van der Waals surface area contributed by atoms with Crippen molar-refractivity contribution in [3.05, 3.63) is 83.1 Å². The second-order valence-corrected chi connectivity index (χ2v) is 16.9. The smallest absolute Gasteiger partial charge is 0.435 e. The van der Waals surface area contributed by atoms with Gasteiger partial charge in [-0.2, -0.15) is 18.3 Å². The van der Waals surface area contributed by atoms with Crippen molar-refractivity contribution in [2.24, 2.45) is 0 Å². The number of imidazole rings is 2. The van der Waals surface area contributed by atoms with E-state index >= 15 is 0 Å². The van der Waals surface area contributed by atoms with Gasteiger partial charge in [0.25, 0.3) is 0 Å². The number of alkyl halides is 3. The van der Waals surface area contributed by atoms with Crippen molar-refractivity contribution in [3.63, 3.8) is 0 Å². The van der Waals surface area contributed by atoms with Gasteiger partial charge in [-0.1, -0.05) is 31.8 Å². The fraction of sp³-hybridized carbons (Fsp3) is 0.345. The minimum absolute atomic E-state index is 0.0374. The van der Waals surface area contributed by atoms with Gasteiger partial charge in [-0.3, -0.25) is 0 Å². The standard InChI is InChI=1S/C29H31F5N6O2Si/c1-41-19-7-5-18(6-8-19)16-35-22-11-12-36-40-27(29(32,33)34)23(38-28(22)40)15-24-37-21-10-9-20(30)25(31)26(21)39(24)17-42-13-14-43(2,3)4/h5-12,35H,13-17H2,1-4H3. The van der Waals surface area contributed by atoms with Crippen LogP contribution in [0.1, 0.15) is 22.8 Å². The zero-order valence-electron chi connectivity index (χ0n) is 24.1. The highest BCUT2D eigenvalue weighted by atomic mass is 28.3. The van der Waals surface area contributed by atoms with Gasteiger partial charge in [-0.25, -0.2) is 23.3 Å². The van der Waals surface area contributed by atoms with E-state index in [0.29, 0.717) is 24.6 Å². The van der Waals surface area contributed by atoms with Gasteiger partial charge in [-0.05, 0) is 41.9 Å². The number of nitrogens with zero attached hydrogens (tertiary/aromatic N) is 5. The molecule has 5 rings (SSSR count). The zero-order chi connectivity index (χ0) is 30.9. The first-order valence-electron chi connectivity index (χ1n) is 13.6. The van der Waals surface area contributed by atoms with E-state index in [1.807, 2.05) is 12.1 Å². The van der Waals surface area contributed by atoms with Crippen molar-refractivity contribution in [3.8, 4) is 5.75 Å². The summed E-state index contributed by atoms with van der Waals surface area (Å²) in [5.41, 5.74) is -0.363. The van der Waals surface area contributed by atoms with E-state index in [0.717, 1.165) is 22.2 Å². The number of hydrogen-bond donors (Lipinski definition) is 1. The molecule has 43 heavy (non-hydrogen) atoms. The van der Waals surface area contributed by atoms with Crippen LogP contribution in [-0.4, -0.2) is 45.9 Å². The molecule has 0 bridgehead atoms. The third-order valence-corrected chi connectivity index (χ3v) is 8.63. The van der Waals surface area contributed by atoms with Crippen molar-refractivity contribution in [1.82, 2.24) is 24.1 Å². The van der Waals surface area contributed by atoms with Crippen molar-refractivity contribution < 1.29 is 31.4 Å². The van der Waals surface area contributed by atoms with Crippen molar-refractivity contribution >= 4 is 30.4 Å². The van der Waals surface area contributed by atoms with Crippen LogP contribution in [0.5, 0.6) is 5.75 Å². The van der Waals surface area contributed by atoms with Gasteiger partial charge in [0.1, 0.15) is 23.8 Å². The topological polar surface area (TPSA) is 78.5 Å². The highest BCUT2D eigenvalue weighted by Crippen LogP contribution is 2.35. The van der Waals surface area contributed by atoms with Crippen LogP contribution in [0, 0.1) is 11.6 Å². The molecule has 0 spiro atoms. The summed E-state index contributed by atoms with van der Waals surface area (Å²) in [6.07, 6.45) is -3.99. The summed E-state index contributed by atoms with van der Waals surface area (Å²) >= 11 is 0. The number of rotatable bonds is 11. The van der Waals surface area contributed by atoms with Gasteiger partial charge in [0.05, 0.1) is 36.6 Å². The Morgan fingerprint density at radius 2 is 1.72 bits per heavy atom. The summed E-state index contributed by atoms with van der Waals surface area (Å²) in [7, 11) is 0.102. The van der Waals surface area contributed by atoms with E-state index in [-0.39, 0.29) is 34.9 Å². The Balaban J connectivity index is 1.52. The Morgan fingerprint density at radius 3 is 2.40 bits per heavy atom. The predicted molar refractivity (Wildman–Crippen MR) is 155 cm³/mol. The van der Waals surface area contributed by atoms with E-state index in [4.69, 9.17) is 9.47 Å². The van der Waals surface area contributed by atoms with Crippen LogP contribution < -0.4 is 10.1 Å². The normalized spacial score (nSPS) is 12.4. The second-order valence-electron chi connectivity index (χ2n) is 11.3. The first kappa shape index (κ1) is 30.4. The number of aromatic nitrogens is 5. The minimum atomic E-state index is -4.82. The molecule has 0 fully saturated rings. The van der Waals surface area contributed by atoms with Crippen molar-refractivity contribution in [2.75, 3.05) is 19.0 Å². The number of anilines is 1. The predicted octanol–water partition coefficient (Wildman–Crippen LogP) is 6.90. The van der Waals surface area contributed by atoms with Gasteiger partial charge in [0, 0.05) is 21.2 Å². The lowest BCUT2D eigenvalue weighted by atomic mass is 10.2. The molecule has 0 unspecified atom stereocenters. The van der Waals surface area contributed by atoms with Crippen LogP contribution in [0.25, 0.3) is 16.7 Å². The first-order chi connectivity index (χ1) is 20.4. The molecule has 0 aliphatic heterocycles. The number of benzene rings is 2. The number of hydrogen-bond acceptors (Lipinski definition) is 6. The number of ether oxygens (including phenoxy) is 2. The summed E-state index contributed by atoms with van der Waals surface area (Å²) < 4.78 is 85.5. The highest BCUT2D eigenvalue weighted by molar-refractivity contribution is 6.76. The van der Waals surface area contributed by atoms with Crippen LogP contribution in [0.3, 0.4) is 0 Å². The van der Waals surface area contributed by atoms with Crippen LogP contribution in [-0.2, 0) is 30.6 Å². The molecule has 3 heterocycles. The van der Waals surface area contributed by atoms with Gasteiger partial charge in [0.2, 0.25) is 0 Å². The molecule has 0 radical (unpaired) electrons. The number of fused-ring (bicyclic) bond motifs is 2. The monoisotopic (exact) mass is 618 g/mol. The van der Waals surface area contributed by atoms with E-state index in [2.05, 4.69) is 40.0 Å². The lowest BCUT2D eigenvalue weighted by Gasteiger charge is -2.16. The summed E-state index contributed by atoms with van der Waals surface area (Å²) in [5, 5.41) is 7.07. The number of nitrogens with one attached hydrogen (secondary N) is 1. The molecule has 0 amide bonds. The molecule has 228 valence electrons. The molecule has 2 aromatic carbocycles. The molecule has 0 saturated carbocycles. The van der Waals surface area contributed by atoms with E-state index in [1.54, 1.807) is 19.2 Å². The molecular formula is C29H31F5N6O2Si. The Kier molecular flexibility index (Phi) is 8.43. The maximum atomic E-state index is 15.0. The molecule has 0 aliphatic carbocycles. The average Bonchev–Trinajstić information content (AvgIpc) is 3.50. The number of halogens is 5. The molecule has 3 aromatic heterocycles. The van der Waals surface area contributed by atoms with Crippen LogP contribution in [0.15, 0.2) is 48.7 Å². The minimum Gasteiger partial charge on any atom is -0.497 e. The zero-order valence-corrected chi connectivity index (χ0v) is 25.1. The Morgan fingerprint density at radius 1 is 0.977 bits per heavy atom. The van der Waals surface area contributed by atoms with Crippen LogP contribution in [0.4, 0.5) is 27.6 Å². The van der Waals surface area contributed by atoms with Crippen LogP contribution in [0.2, 0.25) is 25.7 Å². The van der Waals surface area contributed by atoms with E-state index in [1.165, 1.54) is 22.9 Å². The fourth-order valence-electron chi connectivity index (χ4n) is 4.64. The molecule has 8 nitrogen and oxygen atoms in total. The summed E-state index contributed by atoms with van der Waals surface area (Å²) in [6, 6.07) is 11.8. The molecule has 0 atom stereocenters. The van der Waals surface area contributed by atoms with E-state index in [9.17, 15) is 22.0 Å². The summed E-state index contributed by atoms with van der Waals surface area (Å²) in [6.45, 7) is 6.96. The second kappa shape index (κ2) is 11.9. The SMILES string of the molecule is COc1ccc(CNc2ccnn3c(C(F)(F)F)c(Cc4nc5ccc(F)c(F)c5n4COCC[Si](C)(C)C)nc23)cc1. The van der Waals surface area contributed by atoms with Crippen molar-refractivity contribution in [1.29, 1.82) is 0 Å². The molecule has 0 saturated heterocycles. The number of methoxy groups -OCH3 is 1. The highest BCUT2D eigenvalue weighted by Gasteiger charge is 2.40. The maximum absolute atomic E-state index is 15.0. The lowest BCUT2D eigenvalue weighted by molar-refractivity contribution is -0.143. The molecule has 14 heteroatoms. The first-order valence-corrected chi connectivity index (χ1v) is 17.3. The van der Waals surface area contributed by atoms with Crippen LogP contribution >= 0.6 is 0 Å². The third-order valence-electron chi connectivity index (χ3n) is 6.92. The Labute approximate surface area is 245 Å². The van der Waals surface area contributed by atoms with Crippen molar-refractivity contribution in [2.45, 2.75) is 51.6 Å². The van der Waals surface area contributed by atoms with Gasteiger partial charge >= 0.3 is 6.18 Å². The molecule has 5 aromatic rings. The molecular weight excluding hydrogens is 587 g/mol. The summed E-state index contributed by atoms with van der Waals surface area (Å²) in [4.78, 5) is 8.70. The average molecular weight is 619 g/mol.